The Kier molecular flexibility index (Phi) is 4.49. The molecule has 1 fully saturated rings. The molecular weight excluding hydrogens is 352 g/mol. The van der Waals surface area contributed by atoms with Crippen LogP contribution in [0.1, 0.15) is 22.7 Å². The molecule has 0 bridgehead atoms. The summed E-state index contributed by atoms with van der Waals surface area (Å²) in [5.41, 5.74) is 2.33. The van der Waals surface area contributed by atoms with Gasteiger partial charge in [-0.1, -0.05) is 66.2 Å². The number of aliphatic hydroxyl groups is 1. The van der Waals surface area contributed by atoms with Crippen molar-refractivity contribution in [2.45, 2.75) is 13.0 Å². The molecule has 0 aliphatic carbocycles. The van der Waals surface area contributed by atoms with Gasteiger partial charge in [-0.25, -0.2) is 4.98 Å². The second-order valence-corrected chi connectivity index (χ2v) is 6.63. The zero-order valence-corrected chi connectivity index (χ0v) is 15.2. The van der Waals surface area contributed by atoms with E-state index in [4.69, 9.17) is 0 Å². The molecule has 0 unspecified atom stereocenters. The van der Waals surface area contributed by atoms with E-state index in [0.717, 1.165) is 11.1 Å². The smallest absolute Gasteiger partial charge is 0.301 e. The Labute approximate surface area is 162 Å². The van der Waals surface area contributed by atoms with Crippen LogP contribution in [0, 0.1) is 6.92 Å². The number of amides is 1. The summed E-state index contributed by atoms with van der Waals surface area (Å²) in [5, 5.41) is 10.9. The van der Waals surface area contributed by atoms with E-state index in [1.807, 2.05) is 37.3 Å². The van der Waals surface area contributed by atoms with Gasteiger partial charge in [0.2, 0.25) is 0 Å². The molecule has 0 spiro atoms. The van der Waals surface area contributed by atoms with E-state index in [9.17, 15) is 14.7 Å². The van der Waals surface area contributed by atoms with Crippen LogP contribution in [0.25, 0.3) is 5.76 Å². The van der Waals surface area contributed by atoms with E-state index in [1.54, 1.807) is 48.7 Å². The highest BCUT2D eigenvalue weighted by Gasteiger charge is 2.47. The van der Waals surface area contributed by atoms with Crippen molar-refractivity contribution in [2.24, 2.45) is 0 Å². The number of nitrogens with zero attached hydrogens (tertiary/aromatic N) is 2. The number of Topliss-reactive ketones (excluding diaryl/α,β-unsaturated/α-hetero) is 1. The first kappa shape index (κ1) is 17.7. The van der Waals surface area contributed by atoms with Crippen LogP contribution in [0.5, 0.6) is 0 Å². The van der Waals surface area contributed by atoms with Crippen LogP contribution in [-0.4, -0.2) is 21.8 Å². The molecule has 1 aliphatic rings. The highest BCUT2D eigenvalue weighted by molar-refractivity contribution is 6.51. The maximum Gasteiger partial charge on any atom is 0.301 e. The van der Waals surface area contributed by atoms with Gasteiger partial charge < -0.3 is 5.11 Å². The normalized spacial score (nSPS) is 18.5. The molecule has 1 aliphatic heterocycles. The summed E-state index contributed by atoms with van der Waals surface area (Å²) in [6.45, 7) is 1.96. The molecule has 0 saturated carbocycles. The van der Waals surface area contributed by atoms with Crippen molar-refractivity contribution in [3.05, 3.63) is 101 Å². The SMILES string of the molecule is Cc1ccc([C@H]2C(=C(O)c3ccccc3)C(=O)C(=O)N2c2ccccn2)cc1. The monoisotopic (exact) mass is 370 g/mol. The Bertz CT molecular complexity index is 1060. The number of carbonyl (C=O) groups excluding carboxylic acids is 2. The van der Waals surface area contributed by atoms with Gasteiger partial charge in [0.1, 0.15) is 11.6 Å². The fraction of sp³-hybridized carbons (Fsp3) is 0.0870. The van der Waals surface area contributed by atoms with Crippen LogP contribution >= 0.6 is 0 Å². The number of hydrogen-bond acceptors (Lipinski definition) is 4. The van der Waals surface area contributed by atoms with E-state index in [-0.39, 0.29) is 11.3 Å². The second kappa shape index (κ2) is 7.12. The molecule has 0 radical (unpaired) electrons. The van der Waals surface area contributed by atoms with E-state index < -0.39 is 17.7 Å². The average molecular weight is 370 g/mol. The molecular formula is C23H18N2O3. The predicted molar refractivity (Wildman–Crippen MR) is 107 cm³/mol. The predicted octanol–water partition coefficient (Wildman–Crippen LogP) is 4.02. The summed E-state index contributed by atoms with van der Waals surface area (Å²) in [6, 6.07) is 20.7. The van der Waals surface area contributed by atoms with Gasteiger partial charge in [0.15, 0.2) is 0 Å². The molecule has 1 N–H and O–H groups in total. The van der Waals surface area contributed by atoms with Crippen molar-refractivity contribution in [1.82, 2.24) is 4.98 Å². The summed E-state index contributed by atoms with van der Waals surface area (Å²) in [6.07, 6.45) is 1.57. The van der Waals surface area contributed by atoms with Gasteiger partial charge in [-0.2, -0.15) is 0 Å². The second-order valence-electron chi connectivity index (χ2n) is 6.63. The van der Waals surface area contributed by atoms with Gasteiger partial charge in [-0.05, 0) is 24.6 Å². The summed E-state index contributed by atoms with van der Waals surface area (Å²) in [5.74, 6) is -1.26. The Morgan fingerprint density at radius 3 is 2.25 bits per heavy atom. The molecule has 1 saturated heterocycles. The fourth-order valence-corrected chi connectivity index (χ4v) is 3.38. The van der Waals surface area contributed by atoms with Gasteiger partial charge in [0, 0.05) is 11.8 Å². The molecule has 3 aromatic rings. The first-order valence-corrected chi connectivity index (χ1v) is 8.92. The van der Waals surface area contributed by atoms with Crippen LogP contribution in [-0.2, 0) is 9.59 Å². The van der Waals surface area contributed by atoms with Crippen LogP contribution < -0.4 is 4.90 Å². The van der Waals surface area contributed by atoms with Gasteiger partial charge in [0.05, 0.1) is 11.6 Å². The Morgan fingerprint density at radius 2 is 1.61 bits per heavy atom. The van der Waals surface area contributed by atoms with Crippen LogP contribution in [0.15, 0.2) is 84.6 Å². The zero-order valence-electron chi connectivity index (χ0n) is 15.2. The number of anilines is 1. The minimum absolute atomic E-state index is 0.0608. The van der Waals surface area contributed by atoms with Crippen molar-refractivity contribution >= 4 is 23.3 Å². The van der Waals surface area contributed by atoms with Crippen molar-refractivity contribution < 1.29 is 14.7 Å². The number of ketones is 1. The standard InChI is InChI=1S/C23H18N2O3/c1-15-10-12-16(13-11-15)20-19(21(26)17-7-3-2-4-8-17)22(27)23(28)25(20)18-9-5-6-14-24-18/h2-14,20,26H,1H3/t20-/m0/s1. The molecule has 5 nitrogen and oxygen atoms in total. The Morgan fingerprint density at radius 1 is 0.929 bits per heavy atom. The largest absolute Gasteiger partial charge is 0.507 e. The van der Waals surface area contributed by atoms with Gasteiger partial charge in [-0.15, -0.1) is 0 Å². The van der Waals surface area contributed by atoms with E-state index in [0.29, 0.717) is 11.4 Å². The maximum atomic E-state index is 12.9. The van der Waals surface area contributed by atoms with Crippen molar-refractivity contribution in [2.75, 3.05) is 4.90 Å². The number of benzene rings is 2. The number of carbonyl (C=O) groups is 2. The number of hydrogen-bond donors (Lipinski definition) is 1. The van der Waals surface area contributed by atoms with E-state index in [1.165, 1.54) is 4.90 Å². The lowest BCUT2D eigenvalue weighted by Crippen LogP contribution is -2.30. The number of aryl methyl sites for hydroxylation is 1. The average Bonchev–Trinajstić information content (AvgIpc) is 3.00. The first-order valence-electron chi connectivity index (χ1n) is 8.92. The highest BCUT2D eigenvalue weighted by Crippen LogP contribution is 2.41. The van der Waals surface area contributed by atoms with Crippen molar-refractivity contribution in [1.29, 1.82) is 0 Å². The van der Waals surface area contributed by atoms with Gasteiger partial charge in [-0.3, -0.25) is 14.5 Å². The third-order valence-corrected chi connectivity index (χ3v) is 4.78. The number of pyridine rings is 1. The molecule has 1 atom stereocenters. The lowest BCUT2D eigenvalue weighted by atomic mass is 9.95. The minimum atomic E-state index is -0.754. The number of aliphatic hydroxyl groups excluding tert-OH is 1. The summed E-state index contributed by atoms with van der Waals surface area (Å²) < 4.78 is 0. The zero-order chi connectivity index (χ0) is 19.7. The van der Waals surface area contributed by atoms with Crippen LogP contribution in [0.3, 0.4) is 0 Å². The third kappa shape index (κ3) is 2.97. The first-order chi connectivity index (χ1) is 13.6. The molecule has 138 valence electrons. The third-order valence-electron chi connectivity index (χ3n) is 4.78. The highest BCUT2D eigenvalue weighted by atomic mass is 16.3. The van der Waals surface area contributed by atoms with Crippen molar-refractivity contribution in [3.63, 3.8) is 0 Å². The molecule has 2 heterocycles. The van der Waals surface area contributed by atoms with Gasteiger partial charge in [0.25, 0.3) is 5.78 Å². The minimum Gasteiger partial charge on any atom is -0.507 e. The van der Waals surface area contributed by atoms with Crippen LogP contribution in [0.4, 0.5) is 5.82 Å². The summed E-state index contributed by atoms with van der Waals surface area (Å²) >= 11 is 0. The maximum absolute atomic E-state index is 12.9. The number of rotatable bonds is 3. The quantitative estimate of drug-likeness (QED) is 0.429. The number of aromatic nitrogens is 1. The lowest BCUT2D eigenvalue weighted by molar-refractivity contribution is -0.132. The summed E-state index contributed by atoms with van der Waals surface area (Å²) in [7, 11) is 0. The lowest BCUT2D eigenvalue weighted by Gasteiger charge is -2.24. The van der Waals surface area contributed by atoms with Crippen molar-refractivity contribution in [3.8, 4) is 0 Å². The molecule has 28 heavy (non-hydrogen) atoms. The van der Waals surface area contributed by atoms with Crippen LogP contribution in [0.2, 0.25) is 0 Å². The fourth-order valence-electron chi connectivity index (χ4n) is 3.38. The molecule has 1 aromatic heterocycles. The van der Waals surface area contributed by atoms with E-state index >= 15 is 0 Å². The molecule has 4 rings (SSSR count). The Balaban J connectivity index is 1.95. The van der Waals surface area contributed by atoms with Gasteiger partial charge >= 0.3 is 5.91 Å². The molecule has 5 heteroatoms. The molecule has 1 amide bonds. The summed E-state index contributed by atoms with van der Waals surface area (Å²) in [4.78, 5) is 31.4. The topological polar surface area (TPSA) is 70.5 Å². The molecule has 2 aromatic carbocycles. The van der Waals surface area contributed by atoms with E-state index in [2.05, 4.69) is 4.98 Å². The Hall–Kier alpha value is -3.73.